The fourth-order valence-electron chi connectivity index (χ4n) is 3.49. The molecule has 0 radical (unpaired) electrons. The fourth-order valence-corrected chi connectivity index (χ4v) is 3.49. The summed E-state index contributed by atoms with van der Waals surface area (Å²) in [5.74, 6) is -16.2. The topological polar surface area (TPSA) is 123 Å². The number of alkyl halides is 5. The minimum absolute atomic E-state index is 0.0445. The van der Waals surface area contributed by atoms with Crippen molar-refractivity contribution >= 4 is 29.3 Å². The number of para-hydroxylation sites is 1. The lowest BCUT2D eigenvalue weighted by molar-refractivity contribution is -0.215. The van der Waals surface area contributed by atoms with E-state index in [-0.39, 0.29) is 13.0 Å². The Morgan fingerprint density at radius 1 is 1.19 bits per heavy atom. The average Bonchev–Trinajstić information content (AvgIpc) is 3.28. The van der Waals surface area contributed by atoms with E-state index in [1.54, 1.807) is 30.3 Å². The predicted octanol–water partition coefficient (Wildman–Crippen LogP) is 1.57. The Balaban J connectivity index is 1.98. The number of amides is 4. The van der Waals surface area contributed by atoms with Crippen LogP contribution in [0.4, 0.5) is 27.6 Å². The number of likely N-dealkylation sites (tertiary alicyclic amines) is 1. The number of carbonyl (C=O) groups excluding carboxylic acids is 4. The van der Waals surface area contributed by atoms with Crippen molar-refractivity contribution in [1.82, 2.24) is 15.1 Å². The number of anilines is 1. The fraction of sp³-hybridized carbons (Fsp3) is 0.500. The van der Waals surface area contributed by atoms with Gasteiger partial charge in [-0.1, -0.05) is 18.2 Å². The molecule has 1 aliphatic heterocycles. The molecule has 1 aromatic carbocycles. The number of nitrogens with one attached hydrogen (secondary N) is 2. The van der Waals surface area contributed by atoms with Crippen LogP contribution in [0.25, 0.3) is 0 Å². The molecule has 0 bridgehead atoms. The molecule has 4 amide bonds. The zero-order chi connectivity index (χ0) is 27.3. The molecule has 2 N–H and O–H groups in total. The summed E-state index contributed by atoms with van der Waals surface area (Å²) >= 11 is 0. The lowest BCUT2D eigenvalue weighted by atomic mass is 10.1. The van der Waals surface area contributed by atoms with Crippen molar-refractivity contribution < 1.29 is 41.1 Å². The van der Waals surface area contributed by atoms with Gasteiger partial charge in [-0.15, -0.1) is 0 Å². The monoisotopic (exact) mass is 517 g/mol. The lowest BCUT2D eigenvalue weighted by Crippen LogP contribution is -2.58. The van der Waals surface area contributed by atoms with Gasteiger partial charge in [-0.25, -0.2) is 4.39 Å². The van der Waals surface area contributed by atoms with Crippen LogP contribution in [-0.2, 0) is 19.2 Å². The van der Waals surface area contributed by atoms with Crippen LogP contribution in [0.3, 0.4) is 0 Å². The molecule has 0 aliphatic carbocycles. The second-order valence-electron chi connectivity index (χ2n) is 8.28. The molecular formula is C22H24F5N5O4. The molecule has 0 saturated carbocycles. The van der Waals surface area contributed by atoms with E-state index in [0.29, 0.717) is 5.69 Å². The van der Waals surface area contributed by atoms with Gasteiger partial charge in [0.25, 0.3) is 5.91 Å². The third-order valence-corrected chi connectivity index (χ3v) is 5.56. The largest absolute Gasteiger partial charge is 0.388 e. The third kappa shape index (κ3) is 6.27. The molecule has 1 aromatic rings. The number of nitrogens with zero attached hydrogens (tertiary/aromatic N) is 3. The van der Waals surface area contributed by atoms with Crippen LogP contribution in [0.1, 0.15) is 13.3 Å². The normalized spacial score (nSPS) is 18.7. The zero-order valence-electron chi connectivity index (χ0n) is 19.3. The molecule has 14 heteroatoms. The molecule has 9 nitrogen and oxygen atoms in total. The predicted molar refractivity (Wildman–Crippen MR) is 115 cm³/mol. The highest BCUT2D eigenvalue weighted by molar-refractivity contribution is 5.95. The molecule has 196 valence electrons. The maximum atomic E-state index is 13.5. The second-order valence-corrected chi connectivity index (χ2v) is 8.28. The van der Waals surface area contributed by atoms with Crippen molar-refractivity contribution in [2.24, 2.45) is 5.92 Å². The van der Waals surface area contributed by atoms with Gasteiger partial charge in [-0.3, -0.25) is 19.2 Å². The van der Waals surface area contributed by atoms with E-state index in [1.165, 1.54) is 5.32 Å². The minimum Gasteiger partial charge on any atom is -0.339 e. The Bertz CT molecular complexity index is 1030. The van der Waals surface area contributed by atoms with Crippen LogP contribution >= 0.6 is 0 Å². The first kappa shape index (κ1) is 28.5. The SMILES string of the molecule is CC(NC(=O)C(F)(F)C(F)(F)CF)C(=O)N(C)CC(=O)N1CC(C(=O)Nc2ccccc2)CC1C#N. The first-order chi connectivity index (χ1) is 16.7. The molecule has 36 heavy (non-hydrogen) atoms. The lowest BCUT2D eigenvalue weighted by Gasteiger charge is -2.27. The van der Waals surface area contributed by atoms with Gasteiger partial charge in [-0.2, -0.15) is 22.8 Å². The number of carbonyl (C=O) groups is 4. The number of hydrogen-bond donors (Lipinski definition) is 2. The highest BCUT2D eigenvalue weighted by Gasteiger charge is 2.62. The second kappa shape index (κ2) is 11.3. The van der Waals surface area contributed by atoms with Gasteiger partial charge < -0.3 is 20.4 Å². The van der Waals surface area contributed by atoms with E-state index >= 15 is 0 Å². The van der Waals surface area contributed by atoms with Crippen LogP contribution in [-0.4, -0.2) is 84.2 Å². The van der Waals surface area contributed by atoms with Gasteiger partial charge in [0, 0.05) is 19.3 Å². The molecule has 1 aliphatic rings. The van der Waals surface area contributed by atoms with Crippen LogP contribution in [0, 0.1) is 17.2 Å². The first-order valence-corrected chi connectivity index (χ1v) is 10.7. The molecule has 0 spiro atoms. The summed E-state index contributed by atoms with van der Waals surface area (Å²) < 4.78 is 65.3. The molecule has 2 rings (SSSR count). The van der Waals surface area contributed by atoms with Gasteiger partial charge in [0.15, 0.2) is 6.67 Å². The van der Waals surface area contributed by atoms with Gasteiger partial charge in [0.1, 0.15) is 12.1 Å². The Labute approximate surface area is 203 Å². The van der Waals surface area contributed by atoms with Gasteiger partial charge in [0.05, 0.1) is 18.5 Å². The standard InChI is InChI=1S/C22H24F5N5O4/c1-13(29-20(36)22(26,27)21(24,25)12-23)19(35)31(2)11-17(33)32-10-14(8-16(32)9-28)18(34)30-15-6-4-3-5-7-15/h3-7,13-14,16H,8,10-12H2,1-2H3,(H,29,36)(H,30,34). The van der Waals surface area contributed by atoms with Crippen LogP contribution < -0.4 is 10.6 Å². The molecule has 1 fully saturated rings. The first-order valence-electron chi connectivity index (χ1n) is 10.7. The van der Waals surface area contributed by atoms with Crippen molar-refractivity contribution in [3.63, 3.8) is 0 Å². The summed E-state index contributed by atoms with van der Waals surface area (Å²) in [5.41, 5.74) is 0.525. The van der Waals surface area contributed by atoms with E-state index in [1.807, 2.05) is 6.07 Å². The number of nitriles is 1. The molecule has 3 atom stereocenters. The summed E-state index contributed by atoms with van der Waals surface area (Å²) in [4.78, 5) is 51.0. The van der Waals surface area contributed by atoms with Gasteiger partial charge in [-0.05, 0) is 25.5 Å². The summed E-state index contributed by atoms with van der Waals surface area (Å²) in [6.07, 6.45) is 0.0445. The van der Waals surface area contributed by atoms with Crippen molar-refractivity contribution in [1.29, 1.82) is 5.26 Å². The van der Waals surface area contributed by atoms with E-state index in [2.05, 4.69) is 5.32 Å². The van der Waals surface area contributed by atoms with Gasteiger partial charge in [0.2, 0.25) is 17.7 Å². The Morgan fingerprint density at radius 2 is 1.81 bits per heavy atom. The minimum atomic E-state index is -5.41. The Morgan fingerprint density at radius 3 is 2.36 bits per heavy atom. The van der Waals surface area contributed by atoms with Crippen molar-refractivity contribution in [3.8, 4) is 6.07 Å². The third-order valence-electron chi connectivity index (χ3n) is 5.56. The number of rotatable bonds is 9. The number of likely N-dealkylation sites (N-methyl/N-ethyl adjacent to an activating group) is 1. The van der Waals surface area contributed by atoms with E-state index in [4.69, 9.17) is 0 Å². The molecular weight excluding hydrogens is 493 g/mol. The summed E-state index contributed by atoms with van der Waals surface area (Å²) in [6.45, 7) is -2.64. The Kier molecular flexibility index (Phi) is 8.95. The van der Waals surface area contributed by atoms with E-state index in [9.17, 15) is 46.4 Å². The van der Waals surface area contributed by atoms with Crippen molar-refractivity contribution in [2.75, 3.05) is 32.1 Å². The van der Waals surface area contributed by atoms with E-state index in [0.717, 1.165) is 23.8 Å². The highest BCUT2D eigenvalue weighted by atomic mass is 19.3. The number of hydrogen-bond acceptors (Lipinski definition) is 5. The molecule has 1 saturated heterocycles. The van der Waals surface area contributed by atoms with Crippen molar-refractivity contribution in [2.45, 2.75) is 37.3 Å². The maximum Gasteiger partial charge on any atom is 0.388 e. The van der Waals surface area contributed by atoms with Crippen LogP contribution in [0.2, 0.25) is 0 Å². The summed E-state index contributed by atoms with van der Waals surface area (Å²) in [5, 5.41) is 13.5. The molecule has 0 aromatic heterocycles. The van der Waals surface area contributed by atoms with Crippen LogP contribution in [0.15, 0.2) is 30.3 Å². The number of halogens is 5. The van der Waals surface area contributed by atoms with Crippen LogP contribution in [0.5, 0.6) is 0 Å². The summed E-state index contributed by atoms with van der Waals surface area (Å²) in [6, 6.07) is 7.68. The molecule has 1 heterocycles. The molecule has 3 unspecified atom stereocenters. The smallest absolute Gasteiger partial charge is 0.339 e. The quantitative estimate of drug-likeness (QED) is 0.482. The highest BCUT2D eigenvalue weighted by Crippen LogP contribution is 2.34. The number of benzene rings is 1. The average molecular weight is 517 g/mol. The zero-order valence-corrected chi connectivity index (χ0v) is 19.3. The van der Waals surface area contributed by atoms with E-state index < -0.39 is 66.7 Å². The Hall–Kier alpha value is -3.76. The maximum absolute atomic E-state index is 13.5. The van der Waals surface area contributed by atoms with Gasteiger partial charge >= 0.3 is 11.8 Å². The summed E-state index contributed by atoms with van der Waals surface area (Å²) in [7, 11) is 1.09. The van der Waals surface area contributed by atoms with Crippen molar-refractivity contribution in [3.05, 3.63) is 30.3 Å².